The summed E-state index contributed by atoms with van der Waals surface area (Å²) in [5, 5.41) is 1.20. The average Bonchev–Trinajstić information content (AvgIpc) is 3.15. The number of fused-ring (bicyclic) bond motifs is 1. The molecule has 0 spiro atoms. The van der Waals surface area contributed by atoms with E-state index in [0.29, 0.717) is 40.9 Å². The summed E-state index contributed by atoms with van der Waals surface area (Å²) in [6.07, 6.45) is 4.36. The molecule has 1 aromatic heterocycles. The molecule has 29 heavy (non-hydrogen) atoms. The van der Waals surface area contributed by atoms with Crippen molar-refractivity contribution >= 4 is 34.5 Å². The van der Waals surface area contributed by atoms with Gasteiger partial charge in [-0.05, 0) is 36.8 Å². The molecule has 2 aromatic rings. The predicted octanol–water partition coefficient (Wildman–Crippen LogP) is 3.63. The molecule has 2 amide bonds. The minimum absolute atomic E-state index is 0.0336. The number of thioether (sulfide) groups is 1. The van der Waals surface area contributed by atoms with Crippen LogP contribution in [0.3, 0.4) is 0 Å². The largest absolute Gasteiger partial charge is 0.284 e. The number of rotatable bonds is 4. The van der Waals surface area contributed by atoms with E-state index in [0.717, 1.165) is 19.3 Å². The van der Waals surface area contributed by atoms with Crippen LogP contribution in [-0.4, -0.2) is 38.6 Å². The van der Waals surface area contributed by atoms with Crippen molar-refractivity contribution in [1.29, 1.82) is 0 Å². The molecule has 2 fully saturated rings. The molecule has 2 heterocycles. The summed E-state index contributed by atoms with van der Waals surface area (Å²) >= 11 is 1.28. The molecule has 3 atom stereocenters. The lowest BCUT2D eigenvalue weighted by atomic mass is 9.78. The highest BCUT2D eigenvalue weighted by atomic mass is 32.2. The van der Waals surface area contributed by atoms with Crippen LogP contribution in [-0.2, 0) is 9.59 Å². The first-order valence-corrected chi connectivity index (χ1v) is 11.4. The van der Waals surface area contributed by atoms with Gasteiger partial charge in [-0.2, -0.15) is 0 Å². The van der Waals surface area contributed by atoms with Gasteiger partial charge in [-0.25, -0.2) is 4.98 Å². The third-order valence-corrected chi connectivity index (χ3v) is 7.41. The summed E-state index contributed by atoms with van der Waals surface area (Å²) < 4.78 is 1.83. The van der Waals surface area contributed by atoms with Crippen LogP contribution in [0.1, 0.15) is 52.0 Å². The maximum atomic E-state index is 13.4. The molecule has 0 radical (unpaired) electrons. The average molecular weight is 414 g/mol. The number of para-hydroxylation sites is 1. The number of amides is 2. The van der Waals surface area contributed by atoms with E-state index in [1.807, 2.05) is 28.8 Å². The van der Waals surface area contributed by atoms with Gasteiger partial charge in [0.2, 0.25) is 11.8 Å². The van der Waals surface area contributed by atoms with Crippen molar-refractivity contribution in [2.24, 2.45) is 11.8 Å². The van der Waals surface area contributed by atoms with Crippen molar-refractivity contribution in [3.8, 4) is 0 Å². The highest BCUT2D eigenvalue weighted by Crippen LogP contribution is 2.38. The van der Waals surface area contributed by atoms with E-state index in [4.69, 9.17) is 4.98 Å². The molecule has 1 aliphatic heterocycles. The fraction of sp³-hybridized carbons (Fsp3) is 0.545. The van der Waals surface area contributed by atoms with Gasteiger partial charge in [0.15, 0.2) is 5.16 Å². The Hall–Kier alpha value is -2.15. The van der Waals surface area contributed by atoms with Crippen LogP contribution in [0, 0.1) is 11.8 Å². The van der Waals surface area contributed by atoms with Gasteiger partial charge in [-0.1, -0.05) is 50.6 Å². The molecule has 154 valence electrons. The third-order valence-electron chi connectivity index (χ3n) is 6.47. The molecular formula is C22H27N3O3S. The van der Waals surface area contributed by atoms with Gasteiger partial charge in [-0.3, -0.25) is 23.9 Å². The van der Waals surface area contributed by atoms with Crippen LogP contribution in [0.15, 0.2) is 34.2 Å². The fourth-order valence-electron chi connectivity index (χ4n) is 4.55. The standard InChI is InChI=1S/C22H27N3O3S/c1-14-7-5-10-18(15(14)2)25-21(28)16-8-3-4-9-17(16)23-22(25)29-13-20(27)24-12-6-11-19(24)26/h3-4,8-9,14-15,18H,5-7,10-13H2,1-2H3/t14-,15+,18+/m0/s1. The maximum Gasteiger partial charge on any atom is 0.262 e. The highest BCUT2D eigenvalue weighted by Gasteiger charge is 2.32. The van der Waals surface area contributed by atoms with E-state index in [1.54, 1.807) is 0 Å². The molecule has 0 N–H and O–H groups in total. The van der Waals surface area contributed by atoms with Gasteiger partial charge in [-0.15, -0.1) is 0 Å². The van der Waals surface area contributed by atoms with E-state index in [9.17, 15) is 14.4 Å². The number of likely N-dealkylation sites (tertiary alicyclic amines) is 1. The Bertz CT molecular complexity index is 1000. The number of carbonyl (C=O) groups is 2. The zero-order valence-electron chi connectivity index (χ0n) is 17.0. The topological polar surface area (TPSA) is 72.3 Å². The van der Waals surface area contributed by atoms with Gasteiger partial charge in [0, 0.05) is 19.0 Å². The minimum atomic E-state index is -0.198. The molecule has 2 aliphatic rings. The number of nitrogens with zero attached hydrogens (tertiary/aromatic N) is 3. The summed E-state index contributed by atoms with van der Waals surface area (Å²) in [6, 6.07) is 7.46. The van der Waals surface area contributed by atoms with Gasteiger partial charge in [0.25, 0.3) is 5.56 Å². The molecular weight excluding hydrogens is 386 g/mol. The fourth-order valence-corrected chi connectivity index (χ4v) is 5.48. The van der Waals surface area contributed by atoms with Crippen molar-refractivity contribution in [3.05, 3.63) is 34.6 Å². The lowest BCUT2D eigenvalue weighted by Crippen LogP contribution is -2.36. The SMILES string of the molecule is C[C@H]1[C@H](n2c(SCC(=O)N3CCCC3=O)nc3ccccc3c2=O)CCC[C@@H]1C. The number of hydrogen-bond acceptors (Lipinski definition) is 5. The molecule has 1 aromatic carbocycles. The van der Waals surface area contributed by atoms with Gasteiger partial charge in [0.05, 0.1) is 16.7 Å². The Kier molecular flexibility index (Phi) is 5.76. The number of hydrogen-bond donors (Lipinski definition) is 0. The summed E-state index contributed by atoms with van der Waals surface area (Å²) in [5.41, 5.74) is 0.617. The Morgan fingerprint density at radius 2 is 1.97 bits per heavy atom. The van der Waals surface area contributed by atoms with E-state index in [1.165, 1.54) is 23.1 Å². The van der Waals surface area contributed by atoms with Crippen LogP contribution in [0.25, 0.3) is 10.9 Å². The van der Waals surface area contributed by atoms with Crippen molar-refractivity contribution in [2.75, 3.05) is 12.3 Å². The van der Waals surface area contributed by atoms with Crippen molar-refractivity contribution in [3.63, 3.8) is 0 Å². The first-order valence-electron chi connectivity index (χ1n) is 10.4. The van der Waals surface area contributed by atoms with Crippen LogP contribution in [0.2, 0.25) is 0 Å². The lowest BCUT2D eigenvalue weighted by Gasteiger charge is -2.36. The highest BCUT2D eigenvalue weighted by molar-refractivity contribution is 7.99. The van der Waals surface area contributed by atoms with Crippen molar-refractivity contribution in [1.82, 2.24) is 14.5 Å². The second kappa shape index (κ2) is 8.30. The summed E-state index contributed by atoms with van der Waals surface area (Å²) in [4.78, 5) is 43.9. The Labute approximate surface area is 174 Å². The zero-order chi connectivity index (χ0) is 20.5. The van der Waals surface area contributed by atoms with Crippen LogP contribution < -0.4 is 5.56 Å². The zero-order valence-corrected chi connectivity index (χ0v) is 17.8. The van der Waals surface area contributed by atoms with Crippen LogP contribution in [0.4, 0.5) is 0 Å². The van der Waals surface area contributed by atoms with E-state index in [2.05, 4.69) is 13.8 Å². The molecule has 1 aliphatic carbocycles. The second-order valence-electron chi connectivity index (χ2n) is 8.25. The molecule has 0 unspecified atom stereocenters. The molecule has 4 rings (SSSR count). The molecule has 1 saturated carbocycles. The van der Waals surface area contributed by atoms with Gasteiger partial charge >= 0.3 is 0 Å². The molecule has 7 heteroatoms. The smallest absolute Gasteiger partial charge is 0.262 e. The summed E-state index contributed by atoms with van der Waals surface area (Å²) in [5.74, 6) is 0.715. The number of benzene rings is 1. The Balaban J connectivity index is 1.70. The summed E-state index contributed by atoms with van der Waals surface area (Å²) in [6.45, 7) is 4.94. The number of imide groups is 1. The first kappa shape index (κ1) is 20.1. The molecule has 1 saturated heterocycles. The maximum absolute atomic E-state index is 13.4. The van der Waals surface area contributed by atoms with E-state index in [-0.39, 0.29) is 29.2 Å². The molecule has 0 bridgehead atoms. The first-order chi connectivity index (χ1) is 14.0. The van der Waals surface area contributed by atoms with Crippen molar-refractivity contribution < 1.29 is 9.59 Å². The van der Waals surface area contributed by atoms with E-state index >= 15 is 0 Å². The number of carbonyl (C=O) groups excluding carboxylic acids is 2. The van der Waals surface area contributed by atoms with Gasteiger partial charge < -0.3 is 0 Å². The monoisotopic (exact) mass is 413 g/mol. The van der Waals surface area contributed by atoms with Gasteiger partial charge in [0.1, 0.15) is 0 Å². The Morgan fingerprint density at radius 3 is 2.72 bits per heavy atom. The van der Waals surface area contributed by atoms with Crippen LogP contribution in [0.5, 0.6) is 0 Å². The van der Waals surface area contributed by atoms with Crippen molar-refractivity contribution in [2.45, 2.75) is 57.1 Å². The second-order valence-corrected chi connectivity index (χ2v) is 9.20. The normalized spacial score (nSPS) is 25.0. The Morgan fingerprint density at radius 1 is 1.17 bits per heavy atom. The summed E-state index contributed by atoms with van der Waals surface area (Å²) in [7, 11) is 0. The third kappa shape index (κ3) is 3.84. The van der Waals surface area contributed by atoms with E-state index < -0.39 is 0 Å². The number of aromatic nitrogens is 2. The predicted molar refractivity (Wildman–Crippen MR) is 114 cm³/mol. The van der Waals surface area contributed by atoms with Crippen LogP contribution >= 0.6 is 11.8 Å². The lowest BCUT2D eigenvalue weighted by molar-refractivity contribution is -0.140. The quantitative estimate of drug-likeness (QED) is 0.565. The molecule has 6 nitrogen and oxygen atoms in total. The minimum Gasteiger partial charge on any atom is -0.284 e.